The first-order valence-corrected chi connectivity index (χ1v) is 5.40. The summed E-state index contributed by atoms with van der Waals surface area (Å²) >= 11 is 0. The molecule has 1 heterocycles. The first kappa shape index (κ1) is 9.97. The van der Waals surface area contributed by atoms with Crippen molar-refractivity contribution in [1.29, 1.82) is 5.26 Å². The Balaban J connectivity index is 1.89. The molecular formula is C12H15N3. The molecule has 0 radical (unpaired) electrons. The standard InChI is InChI=1S/C12H15N3/c1-9(6-10-2-3-10)15-12-5-4-11(7-13)14-8-12/h4-5,8-10,15H,2-3,6H2,1H3. The molecule has 15 heavy (non-hydrogen) atoms. The van der Waals surface area contributed by atoms with E-state index in [1.807, 2.05) is 12.1 Å². The van der Waals surface area contributed by atoms with Gasteiger partial charge >= 0.3 is 0 Å². The quantitative estimate of drug-likeness (QED) is 0.814. The highest BCUT2D eigenvalue weighted by molar-refractivity contribution is 5.43. The van der Waals surface area contributed by atoms with Gasteiger partial charge in [-0.3, -0.25) is 0 Å². The number of hydrogen-bond donors (Lipinski definition) is 1. The number of anilines is 1. The number of hydrogen-bond acceptors (Lipinski definition) is 3. The Morgan fingerprint density at radius 1 is 1.60 bits per heavy atom. The zero-order valence-corrected chi connectivity index (χ0v) is 8.90. The third kappa shape index (κ3) is 2.95. The van der Waals surface area contributed by atoms with Crippen molar-refractivity contribution in [2.75, 3.05) is 5.32 Å². The molecule has 3 heteroatoms. The predicted molar refractivity (Wildman–Crippen MR) is 59.4 cm³/mol. The Hall–Kier alpha value is -1.56. The molecule has 0 bridgehead atoms. The molecule has 0 aromatic carbocycles. The third-order valence-electron chi connectivity index (χ3n) is 2.67. The maximum absolute atomic E-state index is 8.60. The van der Waals surface area contributed by atoms with E-state index in [0.29, 0.717) is 11.7 Å². The second-order valence-corrected chi connectivity index (χ2v) is 4.27. The van der Waals surface area contributed by atoms with Gasteiger partial charge in [0.15, 0.2) is 0 Å². The van der Waals surface area contributed by atoms with Crippen LogP contribution in [0.5, 0.6) is 0 Å². The molecule has 1 fully saturated rings. The first-order valence-electron chi connectivity index (χ1n) is 5.40. The fourth-order valence-electron chi connectivity index (χ4n) is 1.74. The van der Waals surface area contributed by atoms with Crippen molar-refractivity contribution >= 4 is 5.69 Å². The normalized spacial score (nSPS) is 16.8. The minimum absolute atomic E-state index is 0.468. The van der Waals surface area contributed by atoms with Crippen LogP contribution >= 0.6 is 0 Å². The molecule has 1 saturated carbocycles. The van der Waals surface area contributed by atoms with Crippen LogP contribution in [-0.4, -0.2) is 11.0 Å². The Bertz CT molecular complexity index is 359. The van der Waals surface area contributed by atoms with Gasteiger partial charge in [-0.2, -0.15) is 5.26 Å². The SMILES string of the molecule is CC(CC1CC1)Nc1ccc(C#N)nc1. The molecule has 1 aliphatic rings. The molecule has 1 aromatic heterocycles. The van der Waals surface area contributed by atoms with Gasteiger partial charge in [0.2, 0.25) is 0 Å². The summed E-state index contributed by atoms with van der Waals surface area (Å²) in [6.07, 6.45) is 5.73. The summed E-state index contributed by atoms with van der Waals surface area (Å²) in [5.74, 6) is 0.929. The minimum Gasteiger partial charge on any atom is -0.381 e. The maximum Gasteiger partial charge on any atom is 0.140 e. The molecule has 1 aromatic rings. The smallest absolute Gasteiger partial charge is 0.140 e. The highest BCUT2D eigenvalue weighted by atomic mass is 14.9. The van der Waals surface area contributed by atoms with Crippen LogP contribution in [0.15, 0.2) is 18.3 Å². The Kier molecular flexibility index (Phi) is 2.86. The summed E-state index contributed by atoms with van der Waals surface area (Å²) in [6.45, 7) is 2.19. The molecule has 0 aliphatic heterocycles. The fourth-order valence-corrected chi connectivity index (χ4v) is 1.74. The van der Waals surface area contributed by atoms with Gasteiger partial charge in [0.1, 0.15) is 11.8 Å². The number of nitrogens with zero attached hydrogens (tertiary/aromatic N) is 2. The molecule has 0 spiro atoms. The molecule has 1 unspecified atom stereocenters. The van der Waals surface area contributed by atoms with Gasteiger partial charge < -0.3 is 5.32 Å². The topological polar surface area (TPSA) is 48.7 Å². The lowest BCUT2D eigenvalue weighted by Gasteiger charge is -2.14. The first-order chi connectivity index (χ1) is 7.28. The van der Waals surface area contributed by atoms with Crippen LogP contribution in [0.1, 0.15) is 31.9 Å². The van der Waals surface area contributed by atoms with Crippen molar-refractivity contribution in [3.05, 3.63) is 24.0 Å². The van der Waals surface area contributed by atoms with Crippen molar-refractivity contribution in [1.82, 2.24) is 4.98 Å². The predicted octanol–water partition coefficient (Wildman–Crippen LogP) is 2.55. The van der Waals surface area contributed by atoms with E-state index in [4.69, 9.17) is 5.26 Å². The summed E-state index contributed by atoms with van der Waals surface area (Å²) in [5, 5.41) is 12.0. The van der Waals surface area contributed by atoms with E-state index in [-0.39, 0.29) is 0 Å². The van der Waals surface area contributed by atoms with Crippen LogP contribution in [0.3, 0.4) is 0 Å². The summed E-state index contributed by atoms with van der Waals surface area (Å²) < 4.78 is 0. The molecule has 3 nitrogen and oxygen atoms in total. The van der Waals surface area contributed by atoms with E-state index in [1.165, 1.54) is 19.3 Å². The van der Waals surface area contributed by atoms with Gasteiger partial charge in [-0.05, 0) is 31.4 Å². The molecule has 1 aliphatic carbocycles. The van der Waals surface area contributed by atoms with E-state index >= 15 is 0 Å². The molecule has 0 amide bonds. The second kappa shape index (κ2) is 4.31. The average Bonchev–Trinajstić information content (AvgIpc) is 3.03. The molecular weight excluding hydrogens is 186 g/mol. The summed E-state index contributed by atoms with van der Waals surface area (Å²) in [5.41, 5.74) is 1.47. The Morgan fingerprint density at radius 2 is 2.40 bits per heavy atom. The summed E-state index contributed by atoms with van der Waals surface area (Å²) in [4.78, 5) is 4.02. The van der Waals surface area contributed by atoms with E-state index in [9.17, 15) is 0 Å². The highest BCUT2D eigenvalue weighted by Gasteiger charge is 2.23. The zero-order chi connectivity index (χ0) is 10.7. The number of nitrogens with one attached hydrogen (secondary N) is 1. The van der Waals surface area contributed by atoms with E-state index in [1.54, 1.807) is 12.3 Å². The van der Waals surface area contributed by atoms with Gasteiger partial charge in [-0.1, -0.05) is 12.8 Å². The van der Waals surface area contributed by atoms with Gasteiger partial charge in [0.05, 0.1) is 11.9 Å². The van der Waals surface area contributed by atoms with Gasteiger partial charge in [-0.15, -0.1) is 0 Å². The van der Waals surface area contributed by atoms with Crippen molar-refractivity contribution < 1.29 is 0 Å². The second-order valence-electron chi connectivity index (χ2n) is 4.27. The lowest BCUT2D eigenvalue weighted by Crippen LogP contribution is -2.15. The van der Waals surface area contributed by atoms with Crippen LogP contribution in [0.2, 0.25) is 0 Å². The molecule has 1 N–H and O–H groups in total. The minimum atomic E-state index is 0.468. The average molecular weight is 201 g/mol. The van der Waals surface area contributed by atoms with Crippen molar-refractivity contribution in [2.24, 2.45) is 5.92 Å². The number of rotatable bonds is 4. The maximum atomic E-state index is 8.60. The lowest BCUT2D eigenvalue weighted by atomic mass is 10.1. The van der Waals surface area contributed by atoms with Crippen LogP contribution < -0.4 is 5.32 Å². The lowest BCUT2D eigenvalue weighted by molar-refractivity contribution is 0.642. The third-order valence-corrected chi connectivity index (χ3v) is 2.67. The number of pyridine rings is 1. The zero-order valence-electron chi connectivity index (χ0n) is 8.90. The molecule has 78 valence electrons. The Morgan fingerprint density at radius 3 is 2.93 bits per heavy atom. The molecule has 2 rings (SSSR count). The van der Waals surface area contributed by atoms with E-state index < -0.39 is 0 Å². The summed E-state index contributed by atoms with van der Waals surface area (Å²) in [7, 11) is 0. The fraction of sp³-hybridized carbons (Fsp3) is 0.500. The molecule has 0 saturated heterocycles. The monoisotopic (exact) mass is 201 g/mol. The molecule has 1 atom stereocenters. The van der Waals surface area contributed by atoms with E-state index in [0.717, 1.165) is 11.6 Å². The van der Waals surface area contributed by atoms with Crippen LogP contribution in [0.4, 0.5) is 5.69 Å². The number of aromatic nitrogens is 1. The van der Waals surface area contributed by atoms with Gasteiger partial charge in [0, 0.05) is 6.04 Å². The van der Waals surface area contributed by atoms with Crippen molar-refractivity contribution in [3.63, 3.8) is 0 Å². The van der Waals surface area contributed by atoms with E-state index in [2.05, 4.69) is 17.2 Å². The van der Waals surface area contributed by atoms with Crippen LogP contribution in [0.25, 0.3) is 0 Å². The van der Waals surface area contributed by atoms with Crippen molar-refractivity contribution in [3.8, 4) is 6.07 Å². The van der Waals surface area contributed by atoms with Crippen LogP contribution in [0, 0.1) is 17.2 Å². The highest BCUT2D eigenvalue weighted by Crippen LogP contribution is 2.33. The van der Waals surface area contributed by atoms with Gasteiger partial charge in [-0.25, -0.2) is 4.98 Å². The summed E-state index contributed by atoms with van der Waals surface area (Å²) in [6, 6.07) is 6.16. The number of nitriles is 1. The van der Waals surface area contributed by atoms with Gasteiger partial charge in [0.25, 0.3) is 0 Å². The van der Waals surface area contributed by atoms with Crippen molar-refractivity contribution in [2.45, 2.75) is 32.2 Å². The Labute approximate surface area is 90.1 Å². The largest absolute Gasteiger partial charge is 0.381 e. The van der Waals surface area contributed by atoms with Crippen LogP contribution in [-0.2, 0) is 0 Å².